The van der Waals surface area contributed by atoms with E-state index in [0.717, 1.165) is 30.1 Å². The molecule has 28 heavy (non-hydrogen) atoms. The van der Waals surface area contributed by atoms with Crippen molar-refractivity contribution in [3.8, 4) is 6.07 Å². The molecule has 1 fully saturated rings. The van der Waals surface area contributed by atoms with Gasteiger partial charge in [-0.15, -0.1) is 0 Å². The Morgan fingerprint density at radius 3 is 2.29 bits per heavy atom. The Hall–Kier alpha value is -3.47. The van der Waals surface area contributed by atoms with Gasteiger partial charge in [0.05, 0.1) is 5.69 Å². The number of nitrogens with zero attached hydrogens (tertiary/aromatic N) is 3. The van der Waals surface area contributed by atoms with Crippen LogP contribution in [0.2, 0.25) is 0 Å². The maximum absolute atomic E-state index is 13.6. The number of carbonyl (C=O) groups excluding carboxylic acids is 1. The van der Waals surface area contributed by atoms with Gasteiger partial charge < -0.3 is 15.1 Å². The van der Waals surface area contributed by atoms with Crippen LogP contribution in [0.3, 0.4) is 0 Å². The van der Waals surface area contributed by atoms with E-state index in [4.69, 9.17) is 0 Å². The summed E-state index contributed by atoms with van der Waals surface area (Å²) in [5.41, 5.74) is 0.480. The van der Waals surface area contributed by atoms with E-state index in [2.05, 4.69) is 5.32 Å². The van der Waals surface area contributed by atoms with Gasteiger partial charge >= 0.3 is 0 Å². The Bertz CT molecular complexity index is 929. The molecule has 0 bridgehead atoms. The fourth-order valence-corrected chi connectivity index (χ4v) is 2.89. The molecular formula is C20H17F3N4O. The van der Waals surface area contributed by atoms with Crippen molar-refractivity contribution < 1.29 is 18.0 Å². The Kier molecular flexibility index (Phi) is 5.84. The van der Waals surface area contributed by atoms with Crippen molar-refractivity contribution in [1.29, 1.82) is 5.26 Å². The first-order chi connectivity index (χ1) is 13.5. The minimum Gasteiger partial charge on any atom is -0.368 e. The van der Waals surface area contributed by atoms with Crippen LogP contribution in [-0.4, -0.2) is 37.0 Å². The lowest BCUT2D eigenvalue weighted by Crippen LogP contribution is -2.49. The highest BCUT2D eigenvalue weighted by molar-refractivity contribution is 5.97. The first-order valence-electron chi connectivity index (χ1n) is 8.59. The van der Waals surface area contributed by atoms with Crippen molar-refractivity contribution in [2.45, 2.75) is 0 Å². The first-order valence-corrected chi connectivity index (χ1v) is 8.59. The summed E-state index contributed by atoms with van der Waals surface area (Å²) < 4.78 is 39.9. The van der Waals surface area contributed by atoms with E-state index < -0.39 is 17.5 Å². The number of carbonyl (C=O) groups is 1. The quantitative estimate of drug-likeness (QED) is 0.647. The summed E-state index contributed by atoms with van der Waals surface area (Å²) in [5, 5.41) is 11.7. The van der Waals surface area contributed by atoms with E-state index in [0.29, 0.717) is 26.2 Å². The standard InChI is InChI=1S/C20H17F3N4O/c21-15-1-4-17(5-2-15)26-7-9-27(10-8-26)20(28)14(12-24)13-25-19-11-16(22)3-6-18(19)23/h1-6,11,13,25H,7-10H2/b14-13-. The summed E-state index contributed by atoms with van der Waals surface area (Å²) in [6.07, 6.45) is 1.08. The summed E-state index contributed by atoms with van der Waals surface area (Å²) in [4.78, 5) is 16.1. The summed E-state index contributed by atoms with van der Waals surface area (Å²) in [7, 11) is 0. The van der Waals surface area contributed by atoms with Crippen molar-refractivity contribution >= 4 is 17.3 Å². The normalized spacial score (nSPS) is 14.6. The number of rotatable bonds is 4. The maximum Gasteiger partial charge on any atom is 0.266 e. The van der Waals surface area contributed by atoms with Crippen LogP contribution in [0.15, 0.2) is 54.2 Å². The van der Waals surface area contributed by atoms with Crippen LogP contribution in [0, 0.1) is 28.8 Å². The first kappa shape index (κ1) is 19.3. The van der Waals surface area contributed by atoms with Gasteiger partial charge in [0, 0.05) is 44.1 Å². The van der Waals surface area contributed by atoms with Crippen LogP contribution in [0.25, 0.3) is 0 Å². The van der Waals surface area contributed by atoms with Crippen molar-refractivity contribution in [2.75, 3.05) is 36.4 Å². The third kappa shape index (κ3) is 4.43. The van der Waals surface area contributed by atoms with Crippen LogP contribution in [0.1, 0.15) is 0 Å². The molecule has 2 aromatic rings. The highest BCUT2D eigenvalue weighted by Crippen LogP contribution is 2.19. The van der Waals surface area contributed by atoms with Crippen molar-refractivity contribution in [1.82, 2.24) is 4.90 Å². The zero-order valence-corrected chi connectivity index (χ0v) is 14.8. The van der Waals surface area contributed by atoms with Crippen LogP contribution >= 0.6 is 0 Å². The SMILES string of the molecule is N#C/C(=C/Nc1cc(F)ccc1F)C(=O)N1CCN(c2ccc(F)cc2)CC1. The van der Waals surface area contributed by atoms with Gasteiger partial charge in [0.15, 0.2) is 0 Å². The zero-order chi connectivity index (χ0) is 20.1. The van der Waals surface area contributed by atoms with Gasteiger partial charge in [-0.3, -0.25) is 4.79 Å². The number of halogens is 3. The molecule has 3 rings (SSSR count). The predicted molar refractivity (Wildman–Crippen MR) is 98.9 cm³/mol. The Labute approximate surface area is 160 Å². The lowest BCUT2D eigenvalue weighted by atomic mass is 10.2. The molecule has 1 N–H and O–H groups in total. The number of hydrogen-bond acceptors (Lipinski definition) is 4. The van der Waals surface area contributed by atoms with Crippen LogP contribution in [0.4, 0.5) is 24.5 Å². The van der Waals surface area contributed by atoms with E-state index in [1.807, 2.05) is 4.90 Å². The van der Waals surface area contributed by atoms with E-state index in [1.54, 1.807) is 18.2 Å². The second-order valence-corrected chi connectivity index (χ2v) is 6.19. The number of piperazine rings is 1. The van der Waals surface area contributed by atoms with E-state index in [1.165, 1.54) is 17.0 Å². The molecular weight excluding hydrogens is 369 g/mol. The number of nitrogens with one attached hydrogen (secondary N) is 1. The van der Waals surface area contributed by atoms with E-state index in [9.17, 15) is 23.2 Å². The van der Waals surface area contributed by atoms with Gasteiger partial charge in [0.1, 0.15) is 29.1 Å². The largest absolute Gasteiger partial charge is 0.368 e. The maximum atomic E-state index is 13.6. The average molecular weight is 386 g/mol. The number of anilines is 2. The molecule has 0 aliphatic carbocycles. The van der Waals surface area contributed by atoms with Crippen LogP contribution in [-0.2, 0) is 4.79 Å². The number of nitriles is 1. The highest BCUT2D eigenvalue weighted by Gasteiger charge is 2.24. The molecule has 144 valence electrons. The molecule has 0 atom stereocenters. The molecule has 1 amide bonds. The minimum absolute atomic E-state index is 0.165. The fraction of sp³-hybridized carbons (Fsp3) is 0.200. The van der Waals surface area contributed by atoms with Crippen molar-refractivity contribution in [3.05, 3.63) is 71.7 Å². The second kappa shape index (κ2) is 8.48. The van der Waals surface area contributed by atoms with Gasteiger partial charge in [0.25, 0.3) is 5.91 Å². The Morgan fingerprint density at radius 2 is 1.64 bits per heavy atom. The predicted octanol–water partition coefficient (Wildman–Crippen LogP) is 3.27. The number of benzene rings is 2. The van der Waals surface area contributed by atoms with Crippen molar-refractivity contribution in [2.24, 2.45) is 0 Å². The van der Waals surface area contributed by atoms with Gasteiger partial charge in [-0.1, -0.05) is 0 Å². The molecule has 1 aliphatic heterocycles. The third-order valence-corrected chi connectivity index (χ3v) is 4.41. The molecule has 0 aromatic heterocycles. The third-order valence-electron chi connectivity index (χ3n) is 4.41. The molecule has 0 saturated carbocycles. The van der Waals surface area contributed by atoms with Gasteiger partial charge in [-0.2, -0.15) is 5.26 Å². The second-order valence-electron chi connectivity index (χ2n) is 6.19. The van der Waals surface area contributed by atoms with Gasteiger partial charge in [-0.05, 0) is 36.4 Å². The van der Waals surface area contributed by atoms with E-state index in [-0.39, 0.29) is 17.1 Å². The monoisotopic (exact) mass is 386 g/mol. The summed E-state index contributed by atoms with van der Waals surface area (Å²) in [5.74, 6) is -2.15. The molecule has 1 saturated heterocycles. The van der Waals surface area contributed by atoms with Crippen LogP contribution < -0.4 is 10.2 Å². The molecule has 1 heterocycles. The molecule has 0 spiro atoms. The number of hydrogen-bond donors (Lipinski definition) is 1. The summed E-state index contributed by atoms with van der Waals surface area (Å²) in [6.45, 7) is 1.82. The average Bonchev–Trinajstić information content (AvgIpc) is 2.71. The molecule has 5 nitrogen and oxygen atoms in total. The Balaban J connectivity index is 1.63. The topological polar surface area (TPSA) is 59.4 Å². The lowest BCUT2D eigenvalue weighted by molar-refractivity contribution is -0.127. The fourth-order valence-electron chi connectivity index (χ4n) is 2.89. The lowest BCUT2D eigenvalue weighted by Gasteiger charge is -2.36. The van der Waals surface area contributed by atoms with Crippen LogP contribution in [0.5, 0.6) is 0 Å². The highest BCUT2D eigenvalue weighted by atomic mass is 19.1. The van der Waals surface area contributed by atoms with Gasteiger partial charge in [0.2, 0.25) is 0 Å². The minimum atomic E-state index is -0.699. The molecule has 1 aliphatic rings. The molecule has 2 aromatic carbocycles. The molecule has 0 unspecified atom stereocenters. The molecule has 0 radical (unpaired) electrons. The summed E-state index contributed by atoms with van der Waals surface area (Å²) in [6, 6.07) is 10.7. The van der Waals surface area contributed by atoms with Gasteiger partial charge in [-0.25, -0.2) is 13.2 Å². The zero-order valence-electron chi connectivity index (χ0n) is 14.8. The van der Waals surface area contributed by atoms with E-state index >= 15 is 0 Å². The summed E-state index contributed by atoms with van der Waals surface area (Å²) >= 11 is 0. The van der Waals surface area contributed by atoms with Crippen molar-refractivity contribution in [3.63, 3.8) is 0 Å². The molecule has 8 heteroatoms. The number of amides is 1. The smallest absolute Gasteiger partial charge is 0.266 e. The Morgan fingerprint density at radius 1 is 1.00 bits per heavy atom.